The van der Waals surface area contributed by atoms with Gasteiger partial charge in [-0.15, -0.1) is 0 Å². The van der Waals surface area contributed by atoms with Gasteiger partial charge in [-0.1, -0.05) is 18.2 Å². The summed E-state index contributed by atoms with van der Waals surface area (Å²) in [5.74, 6) is 2.56. The molecule has 3 aromatic rings. The van der Waals surface area contributed by atoms with Gasteiger partial charge in [0.25, 0.3) is 5.91 Å². The van der Waals surface area contributed by atoms with Gasteiger partial charge in [0, 0.05) is 6.54 Å². The number of benzene rings is 2. The van der Waals surface area contributed by atoms with Crippen LogP contribution in [-0.2, 0) is 13.2 Å². The number of carbonyl (C=O) groups is 1. The number of carbonyl (C=O) groups excluding carboxylic acids is 1. The van der Waals surface area contributed by atoms with E-state index in [1.54, 1.807) is 12.1 Å². The number of halogens is 1. The van der Waals surface area contributed by atoms with Crippen molar-refractivity contribution in [3.05, 3.63) is 76.2 Å². The maximum atomic E-state index is 12.4. The number of hydrogen-bond acceptors (Lipinski definition) is 5. The van der Waals surface area contributed by atoms with Gasteiger partial charge in [0.15, 0.2) is 17.3 Å². The summed E-state index contributed by atoms with van der Waals surface area (Å²) in [7, 11) is 0. The Balaban J connectivity index is 1.56. The van der Waals surface area contributed by atoms with E-state index in [0.29, 0.717) is 42.8 Å². The van der Waals surface area contributed by atoms with Crippen LogP contribution in [0.15, 0.2) is 63.5 Å². The number of nitrogens with one attached hydrogen (secondary N) is 1. The van der Waals surface area contributed by atoms with Gasteiger partial charge in [-0.05, 0) is 71.7 Å². The summed E-state index contributed by atoms with van der Waals surface area (Å²) < 4.78 is 23.4. The third-order valence-electron chi connectivity index (χ3n) is 4.15. The van der Waals surface area contributed by atoms with Gasteiger partial charge in [0.05, 0.1) is 17.7 Å². The van der Waals surface area contributed by atoms with Crippen LogP contribution in [0.4, 0.5) is 0 Å². The topological polar surface area (TPSA) is 69.9 Å². The second-order valence-electron chi connectivity index (χ2n) is 6.31. The molecule has 1 aromatic heterocycles. The number of furan rings is 1. The van der Waals surface area contributed by atoms with E-state index in [1.807, 2.05) is 56.3 Å². The van der Waals surface area contributed by atoms with Crippen LogP contribution >= 0.6 is 15.9 Å². The highest BCUT2D eigenvalue weighted by Gasteiger charge is 2.13. The summed E-state index contributed by atoms with van der Waals surface area (Å²) in [6, 6.07) is 16.5. The summed E-state index contributed by atoms with van der Waals surface area (Å²) in [5.41, 5.74) is 0.902. The summed E-state index contributed by atoms with van der Waals surface area (Å²) in [6.07, 6.45) is 0. The normalized spacial score (nSPS) is 10.5. The summed E-state index contributed by atoms with van der Waals surface area (Å²) >= 11 is 3.43. The lowest BCUT2D eigenvalue weighted by Gasteiger charge is -2.12. The fourth-order valence-corrected chi connectivity index (χ4v) is 3.16. The highest BCUT2D eigenvalue weighted by Crippen LogP contribution is 2.28. The van der Waals surface area contributed by atoms with Crippen LogP contribution in [-0.4, -0.2) is 19.1 Å². The van der Waals surface area contributed by atoms with E-state index in [4.69, 9.17) is 18.6 Å². The summed E-state index contributed by atoms with van der Waals surface area (Å²) in [4.78, 5) is 12.4. The minimum Gasteiger partial charge on any atom is -0.490 e. The SMILES string of the molecule is CCOc1ccc(CNC(=O)c2ccc(COc3ccccc3Br)o2)cc1OCC. The zero-order valence-electron chi connectivity index (χ0n) is 16.9. The fraction of sp³-hybridized carbons (Fsp3) is 0.261. The molecule has 0 fully saturated rings. The molecule has 0 atom stereocenters. The molecule has 3 rings (SSSR count). The minimum atomic E-state index is -0.297. The van der Waals surface area contributed by atoms with Gasteiger partial charge < -0.3 is 23.9 Å². The lowest BCUT2D eigenvalue weighted by atomic mass is 10.2. The Hall–Kier alpha value is -2.93. The Bertz CT molecular complexity index is 985. The standard InChI is InChI=1S/C23H24BrNO5/c1-3-27-20-11-9-16(13-22(20)28-4-2)14-25-23(26)21-12-10-17(30-21)15-29-19-8-6-5-7-18(19)24/h5-13H,3-4,14-15H2,1-2H3,(H,25,26). The van der Waals surface area contributed by atoms with Crippen molar-refractivity contribution < 1.29 is 23.4 Å². The van der Waals surface area contributed by atoms with Crippen molar-refractivity contribution in [2.75, 3.05) is 13.2 Å². The van der Waals surface area contributed by atoms with E-state index in [-0.39, 0.29) is 18.3 Å². The molecule has 1 N–H and O–H groups in total. The van der Waals surface area contributed by atoms with E-state index in [9.17, 15) is 4.79 Å². The molecule has 6 nitrogen and oxygen atoms in total. The van der Waals surface area contributed by atoms with E-state index in [0.717, 1.165) is 10.0 Å². The number of amides is 1. The van der Waals surface area contributed by atoms with Crippen LogP contribution in [0, 0.1) is 0 Å². The molecule has 0 aliphatic heterocycles. The maximum absolute atomic E-state index is 12.4. The van der Waals surface area contributed by atoms with Crippen molar-refractivity contribution in [1.29, 1.82) is 0 Å². The Labute approximate surface area is 184 Å². The Kier molecular flexibility index (Phi) is 7.79. The third kappa shape index (κ3) is 5.79. The van der Waals surface area contributed by atoms with Crippen molar-refractivity contribution in [2.45, 2.75) is 27.0 Å². The van der Waals surface area contributed by atoms with Gasteiger partial charge in [0.1, 0.15) is 18.1 Å². The molecule has 0 aliphatic carbocycles. The molecule has 7 heteroatoms. The maximum Gasteiger partial charge on any atom is 0.287 e. The Morgan fingerprint density at radius 3 is 2.47 bits per heavy atom. The molecular weight excluding hydrogens is 450 g/mol. The quantitative estimate of drug-likeness (QED) is 0.429. The molecule has 30 heavy (non-hydrogen) atoms. The highest BCUT2D eigenvalue weighted by atomic mass is 79.9. The first kappa shape index (κ1) is 21.8. The fourth-order valence-electron chi connectivity index (χ4n) is 2.76. The van der Waals surface area contributed by atoms with Crippen molar-refractivity contribution in [3.8, 4) is 17.2 Å². The largest absolute Gasteiger partial charge is 0.490 e. The second kappa shape index (κ2) is 10.7. The first-order valence-electron chi connectivity index (χ1n) is 9.73. The zero-order valence-corrected chi connectivity index (χ0v) is 18.5. The molecule has 158 valence electrons. The van der Waals surface area contributed by atoms with Crippen LogP contribution in [0.5, 0.6) is 17.2 Å². The van der Waals surface area contributed by atoms with E-state index < -0.39 is 0 Å². The van der Waals surface area contributed by atoms with Crippen molar-refractivity contribution in [2.24, 2.45) is 0 Å². The van der Waals surface area contributed by atoms with Crippen molar-refractivity contribution in [1.82, 2.24) is 5.32 Å². The molecule has 0 saturated heterocycles. The number of hydrogen-bond donors (Lipinski definition) is 1. The van der Waals surface area contributed by atoms with Gasteiger partial charge in [-0.3, -0.25) is 4.79 Å². The summed E-state index contributed by atoms with van der Waals surface area (Å²) in [6.45, 7) is 5.50. The van der Waals surface area contributed by atoms with Gasteiger partial charge in [0.2, 0.25) is 0 Å². The molecule has 0 unspecified atom stereocenters. The van der Waals surface area contributed by atoms with Crippen LogP contribution in [0.2, 0.25) is 0 Å². The molecule has 1 amide bonds. The molecular formula is C23H24BrNO5. The highest BCUT2D eigenvalue weighted by molar-refractivity contribution is 9.10. The van der Waals surface area contributed by atoms with Crippen LogP contribution in [0.3, 0.4) is 0 Å². The van der Waals surface area contributed by atoms with E-state index in [2.05, 4.69) is 21.2 Å². The van der Waals surface area contributed by atoms with Crippen LogP contribution < -0.4 is 19.5 Å². The Morgan fingerprint density at radius 2 is 1.70 bits per heavy atom. The first-order valence-corrected chi connectivity index (χ1v) is 10.5. The van der Waals surface area contributed by atoms with Crippen molar-refractivity contribution in [3.63, 3.8) is 0 Å². The molecule has 2 aromatic carbocycles. The lowest BCUT2D eigenvalue weighted by molar-refractivity contribution is 0.0919. The lowest BCUT2D eigenvalue weighted by Crippen LogP contribution is -2.22. The average Bonchev–Trinajstić information content (AvgIpc) is 3.22. The van der Waals surface area contributed by atoms with Crippen LogP contribution in [0.25, 0.3) is 0 Å². The van der Waals surface area contributed by atoms with Crippen molar-refractivity contribution >= 4 is 21.8 Å². The van der Waals surface area contributed by atoms with Gasteiger partial charge in [-0.2, -0.15) is 0 Å². The van der Waals surface area contributed by atoms with E-state index >= 15 is 0 Å². The second-order valence-corrected chi connectivity index (χ2v) is 7.17. The predicted octanol–water partition coefficient (Wildman–Crippen LogP) is 5.35. The smallest absolute Gasteiger partial charge is 0.287 e. The Morgan fingerprint density at radius 1 is 0.933 bits per heavy atom. The molecule has 0 saturated carbocycles. The number of rotatable bonds is 10. The molecule has 0 aliphatic rings. The number of ether oxygens (including phenoxy) is 3. The van der Waals surface area contributed by atoms with Crippen LogP contribution in [0.1, 0.15) is 35.7 Å². The number of para-hydroxylation sites is 1. The van der Waals surface area contributed by atoms with Gasteiger partial charge in [-0.25, -0.2) is 0 Å². The minimum absolute atomic E-state index is 0.229. The molecule has 1 heterocycles. The average molecular weight is 474 g/mol. The first-order chi connectivity index (χ1) is 14.6. The summed E-state index contributed by atoms with van der Waals surface area (Å²) in [5, 5.41) is 2.85. The molecule has 0 spiro atoms. The monoisotopic (exact) mass is 473 g/mol. The van der Waals surface area contributed by atoms with Gasteiger partial charge >= 0.3 is 0 Å². The molecule has 0 radical (unpaired) electrons. The predicted molar refractivity (Wildman–Crippen MR) is 117 cm³/mol. The van der Waals surface area contributed by atoms with E-state index in [1.165, 1.54) is 0 Å². The molecule has 0 bridgehead atoms. The zero-order chi connectivity index (χ0) is 21.3. The third-order valence-corrected chi connectivity index (χ3v) is 4.81.